The van der Waals surface area contributed by atoms with Gasteiger partial charge in [0.25, 0.3) is 0 Å². The maximum atomic E-state index is 4.47. The third kappa shape index (κ3) is 3.18. The van der Waals surface area contributed by atoms with E-state index in [1.165, 1.54) is 0 Å². The van der Waals surface area contributed by atoms with E-state index in [9.17, 15) is 0 Å². The molecular weight excluding hydrogens is 332 g/mol. The maximum absolute atomic E-state index is 4.47. The Bertz CT molecular complexity index is 942. The SMILES string of the molecule is CCSc1ncc(-c2nccn2-c2ccc(-c3ccn[nH]3)cc2)cn1. The van der Waals surface area contributed by atoms with Crippen molar-refractivity contribution in [3.8, 4) is 28.3 Å². The number of benzene rings is 1. The summed E-state index contributed by atoms with van der Waals surface area (Å²) in [6.07, 6.45) is 9.12. The topological polar surface area (TPSA) is 72.3 Å². The lowest BCUT2D eigenvalue weighted by Gasteiger charge is -2.09. The van der Waals surface area contributed by atoms with Gasteiger partial charge in [-0.15, -0.1) is 0 Å². The lowest BCUT2D eigenvalue weighted by atomic mass is 10.1. The molecule has 0 aliphatic rings. The third-order valence-electron chi connectivity index (χ3n) is 3.76. The molecule has 4 rings (SSSR count). The summed E-state index contributed by atoms with van der Waals surface area (Å²) >= 11 is 1.62. The summed E-state index contributed by atoms with van der Waals surface area (Å²) in [5, 5.41) is 7.75. The van der Waals surface area contributed by atoms with Crippen LogP contribution in [0.4, 0.5) is 0 Å². The van der Waals surface area contributed by atoms with E-state index in [0.717, 1.165) is 39.2 Å². The molecule has 0 amide bonds. The zero-order chi connectivity index (χ0) is 17.1. The fraction of sp³-hybridized carbons (Fsp3) is 0.111. The van der Waals surface area contributed by atoms with E-state index in [2.05, 4.69) is 56.3 Å². The summed E-state index contributed by atoms with van der Waals surface area (Å²) in [6, 6.07) is 10.2. The summed E-state index contributed by atoms with van der Waals surface area (Å²) in [4.78, 5) is 13.3. The molecule has 1 aromatic carbocycles. The molecule has 4 aromatic rings. The standard InChI is InChI=1S/C18H16N6S/c1-2-25-18-20-11-14(12-21-18)17-19-9-10-24(17)15-5-3-13(4-6-15)16-7-8-22-23-16/h3-12H,2H2,1H3,(H,22,23). The average molecular weight is 348 g/mol. The molecular formula is C18H16N6S. The Kier molecular flexibility index (Phi) is 4.30. The molecule has 0 fully saturated rings. The van der Waals surface area contributed by atoms with Crippen LogP contribution in [-0.4, -0.2) is 35.5 Å². The first-order chi connectivity index (χ1) is 12.3. The van der Waals surface area contributed by atoms with E-state index >= 15 is 0 Å². The number of H-pyrrole nitrogens is 1. The van der Waals surface area contributed by atoms with Crippen LogP contribution in [0.2, 0.25) is 0 Å². The van der Waals surface area contributed by atoms with Gasteiger partial charge in [-0.3, -0.25) is 9.67 Å². The second kappa shape index (κ2) is 6.90. The number of aromatic nitrogens is 6. The van der Waals surface area contributed by atoms with Gasteiger partial charge in [0.05, 0.1) is 11.3 Å². The van der Waals surface area contributed by atoms with Crippen LogP contribution >= 0.6 is 11.8 Å². The zero-order valence-corrected chi connectivity index (χ0v) is 14.4. The van der Waals surface area contributed by atoms with Gasteiger partial charge < -0.3 is 0 Å². The van der Waals surface area contributed by atoms with Gasteiger partial charge in [0.1, 0.15) is 5.82 Å². The summed E-state index contributed by atoms with van der Waals surface area (Å²) in [6.45, 7) is 2.08. The highest BCUT2D eigenvalue weighted by Crippen LogP contribution is 2.24. The van der Waals surface area contributed by atoms with Gasteiger partial charge in [-0.2, -0.15) is 5.10 Å². The quantitative estimate of drug-likeness (QED) is 0.438. The normalized spacial score (nSPS) is 10.9. The van der Waals surface area contributed by atoms with Gasteiger partial charge in [-0.1, -0.05) is 30.8 Å². The Morgan fingerprint density at radius 3 is 2.44 bits per heavy atom. The zero-order valence-electron chi connectivity index (χ0n) is 13.6. The van der Waals surface area contributed by atoms with E-state index < -0.39 is 0 Å². The van der Waals surface area contributed by atoms with Gasteiger partial charge in [-0.05, 0) is 29.5 Å². The minimum Gasteiger partial charge on any atom is -0.300 e. The Hall–Kier alpha value is -2.93. The summed E-state index contributed by atoms with van der Waals surface area (Å²) in [7, 11) is 0. The van der Waals surface area contributed by atoms with Gasteiger partial charge in [0.2, 0.25) is 0 Å². The van der Waals surface area contributed by atoms with Crippen LogP contribution in [0.1, 0.15) is 6.92 Å². The van der Waals surface area contributed by atoms with Crippen molar-refractivity contribution in [2.24, 2.45) is 0 Å². The number of hydrogen-bond donors (Lipinski definition) is 1. The maximum Gasteiger partial charge on any atom is 0.187 e. The molecule has 0 aliphatic heterocycles. The molecule has 0 spiro atoms. The van der Waals surface area contributed by atoms with E-state index in [0.29, 0.717) is 0 Å². The van der Waals surface area contributed by atoms with Crippen molar-refractivity contribution in [2.75, 3.05) is 5.75 Å². The van der Waals surface area contributed by atoms with Crippen LogP contribution in [0, 0.1) is 0 Å². The number of nitrogens with zero attached hydrogens (tertiary/aromatic N) is 5. The molecule has 0 saturated heterocycles. The largest absolute Gasteiger partial charge is 0.300 e. The molecule has 124 valence electrons. The van der Waals surface area contributed by atoms with Gasteiger partial charge in [0, 0.05) is 36.7 Å². The van der Waals surface area contributed by atoms with Crippen LogP contribution in [0.25, 0.3) is 28.3 Å². The van der Waals surface area contributed by atoms with Gasteiger partial charge >= 0.3 is 0 Å². The van der Waals surface area contributed by atoms with Crippen molar-refractivity contribution in [3.05, 3.63) is 61.3 Å². The van der Waals surface area contributed by atoms with Gasteiger partial charge in [0.15, 0.2) is 5.16 Å². The molecule has 3 heterocycles. The molecule has 25 heavy (non-hydrogen) atoms. The molecule has 0 bridgehead atoms. The minimum absolute atomic E-state index is 0.785. The predicted molar refractivity (Wildman–Crippen MR) is 98.6 cm³/mol. The molecule has 7 heteroatoms. The molecule has 6 nitrogen and oxygen atoms in total. The number of nitrogens with one attached hydrogen (secondary N) is 1. The first-order valence-corrected chi connectivity index (χ1v) is 8.92. The summed E-state index contributed by atoms with van der Waals surface area (Å²) < 4.78 is 2.03. The highest BCUT2D eigenvalue weighted by atomic mass is 32.2. The Morgan fingerprint density at radius 2 is 1.76 bits per heavy atom. The van der Waals surface area contributed by atoms with Crippen LogP contribution in [0.15, 0.2) is 66.5 Å². The predicted octanol–water partition coefficient (Wildman–Crippen LogP) is 3.83. The van der Waals surface area contributed by atoms with Crippen molar-refractivity contribution in [3.63, 3.8) is 0 Å². The van der Waals surface area contributed by atoms with Crippen LogP contribution in [0.5, 0.6) is 0 Å². The molecule has 0 saturated carbocycles. The number of thioether (sulfide) groups is 1. The van der Waals surface area contributed by atoms with Crippen molar-refractivity contribution in [2.45, 2.75) is 12.1 Å². The van der Waals surface area contributed by atoms with E-state index in [1.807, 2.05) is 29.2 Å². The average Bonchev–Trinajstić information content (AvgIpc) is 3.35. The first-order valence-electron chi connectivity index (χ1n) is 7.94. The second-order valence-corrected chi connectivity index (χ2v) is 6.56. The smallest absolute Gasteiger partial charge is 0.187 e. The van der Waals surface area contributed by atoms with E-state index in [4.69, 9.17) is 0 Å². The molecule has 0 atom stereocenters. The van der Waals surface area contributed by atoms with Crippen LogP contribution in [0.3, 0.4) is 0 Å². The Balaban J connectivity index is 1.65. The van der Waals surface area contributed by atoms with Crippen LogP contribution in [-0.2, 0) is 0 Å². The highest BCUT2D eigenvalue weighted by Gasteiger charge is 2.09. The lowest BCUT2D eigenvalue weighted by Crippen LogP contribution is -1.98. The van der Waals surface area contributed by atoms with Crippen molar-refractivity contribution in [1.29, 1.82) is 0 Å². The number of hydrogen-bond acceptors (Lipinski definition) is 5. The number of aromatic amines is 1. The molecule has 0 radical (unpaired) electrons. The highest BCUT2D eigenvalue weighted by molar-refractivity contribution is 7.99. The van der Waals surface area contributed by atoms with Gasteiger partial charge in [-0.25, -0.2) is 15.0 Å². The molecule has 0 unspecified atom stereocenters. The van der Waals surface area contributed by atoms with Crippen molar-refractivity contribution >= 4 is 11.8 Å². The number of rotatable bonds is 5. The van der Waals surface area contributed by atoms with E-state index in [-0.39, 0.29) is 0 Å². The minimum atomic E-state index is 0.785. The van der Waals surface area contributed by atoms with E-state index in [1.54, 1.807) is 24.2 Å². The Morgan fingerprint density at radius 1 is 0.960 bits per heavy atom. The Labute approximate surface area is 149 Å². The fourth-order valence-corrected chi connectivity index (χ4v) is 3.09. The second-order valence-electron chi connectivity index (χ2n) is 5.33. The summed E-state index contributed by atoms with van der Waals surface area (Å²) in [5.41, 5.74) is 4.01. The van der Waals surface area contributed by atoms with Crippen molar-refractivity contribution < 1.29 is 0 Å². The fourth-order valence-electron chi connectivity index (χ4n) is 2.58. The monoisotopic (exact) mass is 348 g/mol. The first kappa shape index (κ1) is 15.6. The number of imidazole rings is 1. The van der Waals surface area contributed by atoms with Crippen molar-refractivity contribution in [1.82, 2.24) is 29.7 Å². The lowest BCUT2D eigenvalue weighted by molar-refractivity contribution is 0.958. The molecule has 1 N–H and O–H groups in total. The molecule has 0 aliphatic carbocycles. The third-order valence-corrected chi connectivity index (χ3v) is 4.52. The van der Waals surface area contributed by atoms with Crippen LogP contribution < -0.4 is 0 Å². The molecule has 3 aromatic heterocycles. The summed E-state index contributed by atoms with van der Waals surface area (Å²) in [5.74, 6) is 1.78.